The Balaban J connectivity index is 3.13. The van der Waals surface area contributed by atoms with Gasteiger partial charge in [0.1, 0.15) is 0 Å². The van der Waals surface area contributed by atoms with E-state index in [1.54, 1.807) is 0 Å². The number of carboxylic acid groups (broad SMARTS) is 1. The second-order valence-corrected chi connectivity index (χ2v) is 3.88. The molecule has 0 aliphatic rings. The van der Waals surface area contributed by atoms with Crippen LogP contribution in [-0.2, 0) is 4.79 Å². The molecule has 0 heterocycles. The number of anilines is 1. The number of rotatable bonds is 3. The van der Waals surface area contributed by atoms with Gasteiger partial charge in [-0.1, -0.05) is 17.7 Å². The number of alkyl halides is 3. The lowest BCUT2D eigenvalue weighted by molar-refractivity contribution is -0.163. The van der Waals surface area contributed by atoms with Crippen LogP contribution in [0.3, 0.4) is 0 Å². The van der Waals surface area contributed by atoms with Gasteiger partial charge in [-0.25, -0.2) is 0 Å². The molecule has 0 aromatic heterocycles. The molecule has 0 saturated carbocycles. The number of aliphatic carboxylic acids is 1. The molecule has 1 rings (SSSR count). The first-order valence-corrected chi connectivity index (χ1v) is 4.93. The van der Waals surface area contributed by atoms with Gasteiger partial charge in [0.25, 0.3) is 0 Å². The Morgan fingerprint density at radius 2 is 2.06 bits per heavy atom. The summed E-state index contributed by atoms with van der Waals surface area (Å²) in [5.74, 6) is -3.61. The van der Waals surface area contributed by atoms with E-state index < -0.39 is 24.5 Å². The van der Waals surface area contributed by atoms with E-state index in [-0.39, 0.29) is 16.3 Å². The Kier molecular flexibility index (Phi) is 3.87. The fourth-order valence-electron chi connectivity index (χ4n) is 1.38. The Bertz CT molecular complexity index is 434. The maximum atomic E-state index is 12.7. The summed E-state index contributed by atoms with van der Waals surface area (Å²) in [6, 6.07) is 3.38. The minimum absolute atomic E-state index is 0.0104. The molecule has 0 amide bonds. The summed E-state index contributed by atoms with van der Waals surface area (Å²) >= 11 is 5.58. The van der Waals surface area contributed by atoms with Crippen LogP contribution in [0.1, 0.15) is 17.9 Å². The van der Waals surface area contributed by atoms with Crippen LogP contribution in [0.2, 0.25) is 5.02 Å². The zero-order chi connectivity index (χ0) is 13.2. The number of hydrogen-bond acceptors (Lipinski definition) is 2. The van der Waals surface area contributed by atoms with Crippen molar-refractivity contribution in [2.45, 2.75) is 18.5 Å². The van der Waals surface area contributed by atoms with Crippen molar-refractivity contribution in [3.05, 3.63) is 28.8 Å². The molecule has 1 aromatic carbocycles. The fraction of sp³-hybridized carbons (Fsp3) is 0.300. The smallest absolute Gasteiger partial charge is 0.396 e. The van der Waals surface area contributed by atoms with Crippen molar-refractivity contribution < 1.29 is 23.1 Å². The first-order chi connectivity index (χ1) is 7.71. The zero-order valence-electron chi connectivity index (χ0n) is 8.46. The third-order valence-corrected chi connectivity index (χ3v) is 2.54. The molecule has 7 heteroatoms. The molecule has 0 unspecified atom stereocenters. The van der Waals surface area contributed by atoms with Crippen molar-refractivity contribution in [3.8, 4) is 0 Å². The summed E-state index contributed by atoms with van der Waals surface area (Å²) in [7, 11) is 0. The van der Waals surface area contributed by atoms with Gasteiger partial charge in [0.05, 0.1) is 23.0 Å². The summed E-state index contributed by atoms with van der Waals surface area (Å²) in [4.78, 5) is 10.4. The molecule has 0 spiro atoms. The average molecular weight is 268 g/mol. The van der Waals surface area contributed by atoms with Crippen molar-refractivity contribution in [2.75, 3.05) is 5.73 Å². The van der Waals surface area contributed by atoms with E-state index in [0.717, 1.165) is 12.1 Å². The van der Waals surface area contributed by atoms with Crippen LogP contribution in [0.4, 0.5) is 18.9 Å². The molecule has 0 aliphatic carbocycles. The van der Waals surface area contributed by atoms with Gasteiger partial charge in [-0.15, -0.1) is 0 Å². The lowest BCUT2D eigenvalue weighted by Crippen LogP contribution is -2.23. The van der Waals surface area contributed by atoms with Crippen molar-refractivity contribution in [1.29, 1.82) is 0 Å². The Labute approximate surface area is 100.0 Å². The van der Waals surface area contributed by atoms with Crippen molar-refractivity contribution >= 4 is 23.3 Å². The highest BCUT2D eigenvalue weighted by Gasteiger charge is 2.42. The molecule has 0 fully saturated rings. The number of benzene rings is 1. The highest BCUT2D eigenvalue weighted by Crippen LogP contribution is 2.38. The van der Waals surface area contributed by atoms with Crippen LogP contribution in [0, 0.1) is 0 Å². The SMILES string of the molecule is Nc1cc([C@@H](CC(=O)O)C(F)(F)F)ccc1Cl. The van der Waals surface area contributed by atoms with Crippen LogP contribution >= 0.6 is 11.6 Å². The van der Waals surface area contributed by atoms with Gasteiger partial charge >= 0.3 is 12.1 Å². The minimum atomic E-state index is -4.64. The lowest BCUT2D eigenvalue weighted by atomic mass is 9.95. The van der Waals surface area contributed by atoms with Crippen LogP contribution in [-0.4, -0.2) is 17.3 Å². The molecule has 17 heavy (non-hydrogen) atoms. The highest BCUT2D eigenvalue weighted by atomic mass is 35.5. The molecule has 1 aromatic rings. The quantitative estimate of drug-likeness (QED) is 0.828. The highest BCUT2D eigenvalue weighted by molar-refractivity contribution is 6.33. The average Bonchev–Trinajstić information content (AvgIpc) is 2.17. The molecule has 0 radical (unpaired) electrons. The van der Waals surface area contributed by atoms with Gasteiger partial charge in [0.2, 0.25) is 0 Å². The van der Waals surface area contributed by atoms with Crippen LogP contribution in [0.25, 0.3) is 0 Å². The molecule has 0 bridgehead atoms. The topological polar surface area (TPSA) is 63.3 Å². The molecule has 94 valence electrons. The van der Waals surface area contributed by atoms with E-state index >= 15 is 0 Å². The van der Waals surface area contributed by atoms with E-state index in [0.29, 0.717) is 0 Å². The first-order valence-electron chi connectivity index (χ1n) is 4.55. The number of carboxylic acids is 1. The molecule has 1 atom stereocenters. The van der Waals surface area contributed by atoms with Crippen molar-refractivity contribution in [1.82, 2.24) is 0 Å². The van der Waals surface area contributed by atoms with E-state index in [2.05, 4.69) is 0 Å². The molecule has 3 N–H and O–H groups in total. The molecule has 0 saturated heterocycles. The van der Waals surface area contributed by atoms with Gasteiger partial charge in [0.15, 0.2) is 0 Å². The maximum absolute atomic E-state index is 12.7. The second-order valence-electron chi connectivity index (χ2n) is 3.47. The summed E-state index contributed by atoms with van der Waals surface area (Å²) in [5.41, 5.74) is 5.17. The molecular weight excluding hydrogens is 259 g/mol. The Morgan fingerprint density at radius 1 is 1.47 bits per heavy atom. The lowest BCUT2D eigenvalue weighted by Gasteiger charge is -2.19. The van der Waals surface area contributed by atoms with Crippen LogP contribution in [0.15, 0.2) is 18.2 Å². The number of carbonyl (C=O) groups is 1. The van der Waals surface area contributed by atoms with Crippen LogP contribution in [0.5, 0.6) is 0 Å². The fourth-order valence-corrected chi connectivity index (χ4v) is 1.49. The van der Waals surface area contributed by atoms with Gasteiger partial charge in [-0.2, -0.15) is 13.2 Å². The third-order valence-electron chi connectivity index (χ3n) is 2.20. The van der Waals surface area contributed by atoms with Gasteiger partial charge in [-0.3, -0.25) is 4.79 Å². The minimum Gasteiger partial charge on any atom is -0.481 e. The first kappa shape index (κ1) is 13.6. The molecule has 0 aliphatic heterocycles. The van der Waals surface area contributed by atoms with E-state index in [1.807, 2.05) is 0 Å². The van der Waals surface area contributed by atoms with E-state index in [1.165, 1.54) is 6.07 Å². The zero-order valence-corrected chi connectivity index (χ0v) is 9.22. The predicted molar refractivity (Wildman–Crippen MR) is 56.9 cm³/mol. The summed E-state index contributed by atoms with van der Waals surface area (Å²) in [6.45, 7) is 0. The number of halogens is 4. The third kappa shape index (κ3) is 3.52. The maximum Gasteiger partial charge on any atom is 0.396 e. The molecule has 3 nitrogen and oxygen atoms in total. The van der Waals surface area contributed by atoms with Gasteiger partial charge in [-0.05, 0) is 17.7 Å². The monoisotopic (exact) mass is 267 g/mol. The van der Waals surface area contributed by atoms with Gasteiger partial charge in [0, 0.05) is 0 Å². The predicted octanol–water partition coefficient (Wildman–Crippen LogP) is 3.04. The number of hydrogen-bond donors (Lipinski definition) is 2. The van der Waals surface area contributed by atoms with E-state index in [9.17, 15) is 18.0 Å². The van der Waals surface area contributed by atoms with Crippen molar-refractivity contribution in [3.63, 3.8) is 0 Å². The second kappa shape index (κ2) is 4.83. The Morgan fingerprint density at radius 3 is 2.47 bits per heavy atom. The van der Waals surface area contributed by atoms with Gasteiger partial charge < -0.3 is 10.8 Å². The summed E-state index contributed by atoms with van der Waals surface area (Å²) in [5, 5.41) is 8.60. The normalized spacial score (nSPS) is 13.4. The van der Waals surface area contributed by atoms with Crippen LogP contribution < -0.4 is 5.73 Å². The Hall–Kier alpha value is -1.43. The standard InChI is InChI=1S/C10H9ClF3NO2/c11-7-2-1-5(3-8(7)15)6(4-9(16)17)10(12,13)14/h1-3,6H,4,15H2,(H,16,17)/t6-/m1/s1. The number of nitrogen functional groups attached to an aromatic ring is 1. The number of nitrogens with two attached hydrogens (primary N) is 1. The van der Waals surface area contributed by atoms with Crippen molar-refractivity contribution in [2.24, 2.45) is 0 Å². The largest absolute Gasteiger partial charge is 0.481 e. The summed E-state index contributed by atoms with van der Waals surface area (Å²) in [6.07, 6.45) is -5.68. The molecular formula is C10H9ClF3NO2. The van der Waals surface area contributed by atoms with E-state index in [4.69, 9.17) is 22.4 Å². The summed E-state index contributed by atoms with van der Waals surface area (Å²) < 4.78 is 38.0.